The molecule has 1 aromatic heterocycles. The van der Waals surface area contributed by atoms with E-state index in [0.717, 1.165) is 58.0 Å². The normalized spacial score (nSPS) is 20.8. The zero-order valence-corrected chi connectivity index (χ0v) is 18.8. The number of aromatic nitrogens is 2. The highest BCUT2D eigenvalue weighted by Crippen LogP contribution is 2.23. The third-order valence-corrected chi connectivity index (χ3v) is 5.95. The van der Waals surface area contributed by atoms with Crippen molar-refractivity contribution < 1.29 is 4.39 Å². The molecule has 0 spiro atoms. The second-order valence-electron chi connectivity index (χ2n) is 7.49. The van der Waals surface area contributed by atoms with Gasteiger partial charge in [-0.2, -0.15) is 5.10 Å². The van der Waals surface area contributed by atoms with Gasteiger partial charge in [-0.3, -0.25) is 14.5 Å². The van der Waals surface area contributed by atoms with Crippen molar-refractivity contribution >= 4 is 42.1 Å². The first-order valence-corrected chi connectivity index (χ1v) is 10.2. The number of hydrogen-bond donors (Lipinski definition) is 0. The molecule has 0 aliphatic carbocycles. The van der Waals surface area contributed by atoms with Crippen LogP contribution >= 0.6 is 36.4 Å². The molecule has 1 aromatic carbocycles. The molecule has 1 atom stereocenters. The summed E-state index contributed by atoms with van der Waals surface area (Å²) >= 11 is 5.94. The molecular weight excluding hydrogens is 436 g/mol. The van der Waals surface area contributed by atoms with Crippen LogP contribution in [0.2, 0.25) is 5.02 Å². The quantitative estimate of drug-likeness (QED) is 0.672. The maximum Gasteiger partial charge on any atom is 0.146 e. The van der Waals surface area contributed by atoms with Crippen LogP contribution in [-0.2, 0) is 6.54 Å². The third kappa shape index (κ3) is 6.22. The zero-order chi connectivity index (χ0) is 18.6. The number of rotatable bonds is 5. The lowest BCUT2D eigenvalue weighted by Gasteiger charge is -2.44. The number of piperidine rings is 1. The van der Waals surface area contributed by atoms with Gasteiger partial charge in [0, 0.05) is 51.5 Å². The Morgan fingerprint density at radius 3 is 2.48 bits per heavy atom. The van der Waals surface area contributed by atoms with E-state index in [2.05, 4.69) is 19.8 Å². The molecule has 0 bridgehead atoms. The molecule has 4 rings (SSSR count). The van der Waals surface area contributed by atoms with Crippen molar-refractivity contribution in [2.24, 2.45) is 0 Å². The van der Waals surface area contributed by atoms with Crippen molar-refractivity contribution in [3.63, 3.8) is 0 Å². The van der Waals surface area contributed by atoms with E-state index < -0.39 is 0 Å². The fourth-order valence-corrected chi connectivity index (χ4v) is 4.43. The lowest BCUT2D eigenvalue weighted by atomic mass is 10.0. The summed E-state index contributed by atoms with van der Waals surface area (Å²) in [4.78, 5) is 7.30. The van der Waals surface area contributed by atoms with Gasteiger partial charge in [0.2, 0.25) is 0 Å². The van der Waals surface area contributed by atoms with E-state index in [4.69, 9.17) is 11.6 Å². The minimum atomic E-state index is -0.117. The van der Waals surface area contributed by atoms with E-state index in [9.17, 15) is 4.39 Å². The predicted octanol–water partition coefficient (Wildman–Crippen LogP) is 3.81. The average Bonchev–Trinajstić information content (AvgIpc) is 3.12. The number of benzene rings is 1. The zero-order valence-electron chi connectivity index (χ0n) is 16.4. The topological polar surface area (TPSA) is 27.5 Å². The fourth-order valence-electron chi connectivity index (χ4n) is 4.27. The SMILES string of the molecule is Cl.Cl.Fc1ccccc1N1CCN(C2CCCN(CCn3cc(Cl)cn3)C2)CC1. The number of halogens is 4. The van der Waals surface area contributed by atoms with Crippen molar-refractivity contribution in [3.05, 3.63) is 47.5 Å². The Labute approximate surface area is 189 Å². The molecule has 5 nitrogen and oxygen atoms in total. The van der Waals surface area contributed by atoms with E-state index in [1.165, 1.54) is 12.8 Å². The molecule has 2 aliphatic rings. The number of anilines is 1. The van der Waals surface area contributed by atoms with Gasteiger partial charge in [0.1, 0.15) is 5.82 Å². The molecule has 29 heavy (non-hydrogen) atoms. The second kappa shape index (κ2) is 11.4. The van der Waals surface area contributed by atoms with Crippen LogP contribution in [-0.4, -0.2) is 71.4 Å². The summed E-state index contributed by atoms with van der Waals surface area (Å²) in [6.07, 6.45) is 6.06. The van der Waals surface area contributed by atoms with Crippen molar-refractivity contribution in [2.45, 2.75) is 25.4 Å². The predicted molar refractivity (Wildman–Crippen MR) is 121 cm³/mol. The minimum Gasteiger partial charge on any atom is -0.367 e. The second-order valence-corrected chi connectivity index (χ2v) is 7.93. The van der Waals surface area contributed by atoms with Gasteiger partial charge in [-0.05, 0) is 31.5 Å². The molecule has 0 saturated carbocycles. The fraction of sp³-hybridized carbons (Fsp3) is 0.550. The first-order valence-electron chi connectivity index (χ1n) is 9.83. The monoisotopic (exact) mass is 463 g/mol. The molecule has 2 aliphatic heterocycles. The van der Waals surface area contributed by atoms with Gasteiger partial charge in [0.15, 0.2) is 0 Å². The number of hydrogen-bond acceptors (Lipinski definition) is 4. The maximum absolute atomic E-state index is 14.0. The Morgan fingerprint density at radius 2 is 1.79 bits per heavy atom. The molecule has 3 heterocycles. The van der Waals surface area contributed by atoms with Crippen molar-refractivity contribution in [1.29, 1.82) is 0 Å². The standard InChI is InChI=1S/C20H27ClFN5.2ClH/c21-17-14-23-27(15-17)13-8-24-7-3-4-18(16-24)25-9-11-26(12-10-25)20-6-2-1-5-19(20)22;;/h1-2,5-6,14-15,18H,3-4,7-13,16H2;2*1H. The first kappa shape index (κ1) is 24.2. The molecule has 162 valence electrons. The largest absolute Gasteiger partial charge is 0.367 e. The van der Waals surface area contributed by atoms with Crippen LogP contribution in [0.3, 0.4) is 0 Å². The maximum atomic E-state index is 14.0. The summed E-state index contributed by atoms with van der Waals surface area (Å²) in [6.45, 7) is 7.93. The van der Waals surface area contributed by atoms with Crippen molar-refractivity contribution in [1.82, 2.24) is 19.6 Å². The molecule has 0 amide bonds. The number of nitrogens with zero attached hydrogens (tertiary/aromatic N) is 5. The molecule has 1 unspecified atom stereocenters. The minimum absolute atomic E-state index is 0. The van der Waals surface area contributed by atoms with Gasteiger partial charge in [-0.25, -0.2) is 4.39 Å². The summed E-state index contributed by atoms with van der Waals surface area (Å²) < 4.78 is 15.9. The molecule has 9 heteroatoms. The molecular formula is C20H29Cl3FN5. The average molecular weight is 465 g/mol. The van der Waals surface area contributed by atoms with E-state index in [0.29, 0.717) is 11.1 Å². The highest BCUT2D eigenvalue weighted by atomic mass is 35.5. The molecule has 0 radical (unpaired) electrons. The van der Waals surface area contributed by atoms with Crippen LogP contribution in [0.1, 0.15) is 12.8 Å². The summed E-state index contributed by atoms with van der Waals surface area (Å²) in [5.74, 6) is -0.117. The van der Waals surface area contributed by atoms with Gasteiger partial charge in [0.05, 0.1) is 23.5 Å². The Hall–Kier alpha value is -1.05. The van der Waals surface area contributed by atoms with E-state index in [1.54, 1.807) is 18.3 Å². The van der Waals surface area contributed by atoms with Crippen LogP contribution in [0.15, 0.2) is 36.7 Å². The Morgan fingerprint density at radius 1 is 1.03 bits per heavy atom. The van der Waals surface area contributed by atoms with E-state index in [1.807, 2.05) is 23.0 Å². The Bertz CT molecular complexity index is 751. The lowest BCUT2D eigenvalue weighted by Crippen LogP contribution is -2.55. The van der Waals surface area contributed by atoms with Crippen molar-refractivity contribution in [2.75, 3.05) is 50.7 Å². The number of para-hydroxylation sites is 1. The molecule has 2 fully saturated rings. The first-order chi connectivity index (χ1) is 13.2. The highest BCUT2D eigenvalue weighted by Gasteiger charge is 2.28. The Balaban J connectivity index is 0.00000150. The van der Waals surface area contributed by atoms with Crippen LogP contribution in [0.5, 0.6) is 0 Å². The molecule has 2 saturated heterocycles. The van der Waals surface area contributed by atoms with E-state index >= 15 is 0 Å². The van der Waals surface area contributed by atoms with Gasteiger partial charge in [-0.1, -0.05) is 23.7 Å². The molecule has 0 N–H and O–H groups in total. The van der Waals surface area contributed by atoms with Crippen LogP contribution < -0.4 is 4.90 Å². The smallest absolute Gasteiger partial charge is 0.146 e. The molecule has 2 aromatic rings. The van der Waals surface area contributed by atoms with Crippen LogP contribution in [0, 0.1) is 5.82 Å². The van der Waals surface area contributed by atoms with Gasteiger partial charge < -0.3 is 4.90 Å². The summed E-state index contributed by atoms with van der Waals surface area (Å²) in [7, 11) is 0. The number of piperazine rings is 1. The highest BCUT2D eigenvalue weighted by molar-refractivity contribution is 6.30. The lowest BCUT2D eigenvalue weighted by molar-refractivity contribution is 0.0900. The summed E-state index contributed by atoms with van der Waals surface area (Å²) in [5.41, 5.74) is 0.736. The van der Waals surface area contributed by atoms with Gasteiger partial charge >= 0.3 is 0 Å². The van der Waals surface area contributed by atoms with Gasteiger partial charge in [0.25, 0.3) is 0 Å². The van der Waals surface area contributed by atoms with Gasteiger partial charge in [-0.15, -0.1) is 24.8 Å². The van der Waals surface area contributed by atoms with Crippen LogP contribution in [0.4, 0.5) is 10.1 Å². The third-order valence-electron chi connectivity index (χ3n) is 5.75. The summed E-state index contributed by atoms with van der Waals surface area (Å²) in [5, 5.41) is 4.96. The van der Waals surface area contributed by atoms with Crippen molar-refractivity contribution in [3.8, 4) is 0 Å². The number of likely N-dealkylation sites (tertiary alicyclic amines) is 1. The Kier molecular flexibility index (Phi) is 9.50. The summed E-state index contributed by atoms with van der Waals surface area (Å²) in [6, 6.07) is 7.70. The van der Waals surface area contributed by atoms with E-state index in [-0.39, 0.29) is 30.6 Å². The van der Waals surface area contributed by atoms with Crippen LogP contribution in [0.25, 0.3) is 0 Å².